The maximum atomic E-state index is 12.5. The van der Waals surface area contributed by atoms with E-state index in [0.29, 0.717) is 13.2 Å². The molecule has 1 aliphatic heterocycles. The van der Waals surface area contributed by atoms with Crippen LogP contribution in [0, 0.1) is 5.92 Å². The van der Waals surface area contributed by atoms with E-state index in [4.69, 9.17) is 14.2 Å². The van der Waals surface area contributed by atoms with Crippen LogP contribution in [0.1, 0.15) is 31.0 Å². The molecule has 0 aromatic heterocycles. The van der Waals surface area contributed by atoms with Gasteiger partial charge in [-0.25, -0.2) is 0 Å². The Balaban J connectivity index is 1.72. The van der Waals surface area contributed by atoms with Crippen LogP contribution >= 0.6 is 0 Å². The van der Waals surface area contributed by atoms with Gasteiger partial charge < -0.3 is 19.5 Å². The number of amides is 1. The first-order valence-electron chi connectivity index (χ1n) is 9.09. The molecule has 0 spiro atoms. The summed E-state index contributed by atoms with van der Waals surface area (Å²) in [7, 11) is 1.62. The Kier molecular flexibility index (Phi) is 6.01. The van der Waals surface area contributed by atoms with Gasteiger partial charge in [0.05, 0.1) is 13.2 Å². The van der Waals surface area contributed by atoms with Crippen LogP contribution in [0.3, 0.4) is 0 Å². The Morgan fingerprint density at radius 2 is 1.89 bits per heavy atom. The zero-order valence-electron chi connectivity index (χ0n) is 15.9. The van der Waals surface area contributed by atoms with E-state index in [1.54, 1.807) is 19.3 Å². The van der Waals surface area contributed by atoms with Gasteiger partial charge in [-0.15, -0.1) is 0 Å². The molecule has 1 atom stereocenters. The molecule has 0 aliphatic carbocycles. The predicted octanol–water partition coefficient (Wildman–Crippen LogP) is 3.99. The number of carbonyl (C=O) groups is 1. The minimum Gasteiger partial charge on any atom is -0.497 e. The molecule has 2 aromatic rings. The molecule has 0 bridgehead atoms. The summed E-state index contributed by atoms with van der Waals surface area (Å²) in [6.45, 7) is 5.26. The maximum Gasteiger partial charge on any atom is 0.244 e. The first-order chi connectivity index (χ1) is 13.1. The minimum atomic E-state index is -0.147. The van der Waals surface area contributed by atoms with Crippen molar-refractivity contribution in [3.63, 3.8) is 0 Å². The van der Waals surface area contributed by atoms with Crippen LogP contribution in [0.25, 0.3) is 6.08 Å². The molecule has 5 nitrogen and oxygen atoms in total. The van der Waals surface area contributed by atoms with E-state index in [1.807, 2.05) is 42.5 Å². The third-order valence-corrected chi connectivity index (χ3v) is 4.41. The fourth-order valence-corrected chi connectivity index (χ4v) is 3.01. The minimum absolute atomic E-state index is 0.122. The van der Waals surface area contributed by atoms with E-state index >= 15 is 0 Å². The Hall–Kier alpha value is -2.95. The Morgan fingerprint density at radius 3 is 2.63 bits per heavy atom. The van der Waals surface area contributed by atoms with Gasteiger partial charge in [0, 0.05) is 6.08 Å². The smallest absolute Gasteiger partial charge is 0.244 e. The van der Waals surface area contributed by atoms with Crippen molar-refractivity contribution in [1.29, 1.82) is 0 Å². The Morgan fingerprint density at radius 1 is 1.11 bits per heavy atom. The lowest BCUT2D eigenvalue weighted by Gasteiger charge is -2.25. The lowest BCUT2D eigenvalue weighted by atomic mass is 9.95. The van der Waals surface area contributed by atoms with Gasteiger partial charge >= 0.3 is 0 Å². The van der Waals surface area contributed by atoms with Crippen molar-refractivity contribution in [3.8, 4) is 17.2 Å². The third kappa shape index (κ3) is 4.82. The number of hydrogen-bond donors (Lipinski definition) is 1. The van der Waals surface area contributed by atoms with Crippen molar-refractivity contribution >= 4 is 12.0 Å². The normalized spacial score (nSPS) is 14.2. The highest BCUT2D eigenvalue weighted by Gasteiger charge is 2.20. The standard InChI is InChI=1S/C22H25NO4/c1-15(2)22(17-8-9-19-20(14-17)27-12-11-26-19)23-21(24)10-7-16-5-4-6-18(13-16)25-3/h4-10,13-15,22H,11-12H2,1-3H3,(H,23,24)/b10-7+/t22-/m0/s1. The topological polar surface area (TPSA) is 56.8 Å². The maximum absolute atomic E-state index is 12.5. The Bertz CT molecular complexity index is 829. The lowest BCUT2D eigenvalue weighted by molar-refractivity contribution is -0.117. The number of hydrogen-bond acceptors (Lipinski definition) is 4. The molecule has 27 heavy (non-hydrogen) atoms. The van der Waals surface area contributed by atoms with Crippen molar-refractivity contribution < 1.29 is 19.0 Å². The fraction of sp³-hybridized carbons (Fsp3) is 0.318. The highest BCUT2D eigenvalue weighted by atomic mass is 16.6. The van der Waals surface area contributed by atoms with Gasteiger partial charge in [-0.1, -0.05) is 32.0 Å². The van der Waals surface area contributed by atoms with E-state index in [1.165, 1.54) is 0 Å². The summed E-state index contributed by atoms with van der Waals surface area (Å²) in [5.74, 6) is 2.31. The summed E-state index contributed by atoms with van der Waals surface area (Å²) in [5, 5.41) is 3.09. The Labute approximate surface area is 159 Å². The molecule has 0 fully saturated rings. The molecule has 142 valence electrons. The summed E-state index contributed by atoms with van der Waals surface area (Å²) >= 11 is 0. The molecule has 1 heterocycles. The molecule has 2 aromatic carbocycles. The van der Waals surface area contributed by atoms with Gasteiger partial charge in [0.2, 0.25) is 5.91 Å². The first-order valence-corrected chi connectivity index (χ1v) is 9.09. The number of ether oxygens (including phenoxy) is 3. The summed E-state index contributed by atoms with van der Waals surface area (Å²) in [4.78, 5) is 12.5. The van der Waals surface area contributed by atoms with Gasteiger partial charge in [-0.3, -0.25) is 4.79 Å². The summed E-state index contributed by atoms with van der Waals surface area (Å²) in [5.41, 5.74) is 1.90. The van der Waals surface area contributed by atoms with Crippen LogP contribution in [-0.4, -0.2) is 26.2 Å². The van der Waals surface area contributed by atoms with Crippen LogP contribution in [0.5, 0.6) is 17.2 Å². The monoisotopic (exact) mass is 367 g/mol. The summed E-state index contributed by atoms with van der Waals surface area (Å²) in [6, 6.07) is 13.3. The zero-order valence-corrected chi connectivity index (χ0v) is 15.9. The van der Waals surface area contributed by atoms with Gasteiger partial charge in [0.15, 0.2) is 11.5 Å². The van der Waals surface area contributed by atoms with Crippen molar-refractivity contribution in [1.82, 2.24) is 5.32 Å². The van der Waals surface area contributed by atoms with Crippen molar-refractivity contribution in [2.24, 2.45) is 5.92 Å². The van der Waals surface area contributed by atoms with Crippen LogP contribution in [0.4, 0.5) is 0 Å². The molecule has 1 aliphatic rings. The number of nitrogens with one attached hydrogen (secondary N) is 1. The van der Waals surface area contributed by atoms with Gasteiger partial charge in [0.1, 0.15) is 19.0 Å². The third-order valence-electron chi connectivity index (χ3n) is 4.41. The van der Waals surface area contributed by atoms with E-state index in [9.17, 15) is 4.79 Å². The molecular formula is C22H25NO4. The van der Waals surface area contributed by atoms with Crippen LogP contribution in [0.2, 0.25) is 0 Å². The summed E-state index contributed by atoms with van der Waals surface area (Å²) < 4.78 is 16.4. The SMILES string of the molecule is COc1cccc(/C=C/C(=O)N[C@H](c2ccc3c(c2)OCCO3)C(C)C)c1. The highest BCUT2D eigenvalue weighted by molar-refractivity contribution is 5.92. The molecule has 5 heteroatoms. The molecule has 3 rings (SSSR count). The summed E-state index contributed by atoms with van der Waals surface area (Å²) in [6.07, 6.45) is 3.32. The highest BCUT2D eigenvalue weighted by Crippen LogP contribution is 2.34. The molecule has 1 amide bonds. The molecular weight excluding hydrogens is 342 g/mol. The second kappa shape index (κ2) is 8.62. The predicted molar refractivity (Wildman–Crippen MR) is 105 cm³/mol. The number of carbonyl (C=O) groups excluding carboxylic acids is 1. The van der Waals surface area contributed by atoms with Crippen LogP contribution < -0.4 is 19.5 Å². The van der Waals surface area contributed by atoms with E-state index in [0.717, 1.165) is 28.4 Å². The van der Waals surface area contributed by atoms with Gasteiger partial charge in [-0.2, -0.15) is 0 Å². The average Bonchev–Trinajstić information content (AvgIpc) is 2.70. The molecule has 0 saturated carbocycles. The number of benzene rings is 2. The molecule has 0 unspecified atom stereocenters. The largest absolute Gasteiger partial charge is 0.497 e. The van der Waals surface area contributed by atoms with E-state index in [-0.39, 0.29) is 17.9 Å². The van der Waals surface area contributed by atoms with E-state index < -0.39 is 0 Å². The number of methoxy groups -OCH3 is 1. The van der Waals surface area contributed by atoms with Crippen LogP contribution in [-0.2, 0) is 4.79 Å². The van der Waals surface area contributed by atoms with Crippen LogP contribution in [0.15, 0.2) is 48.5 Å². The first kappa shape index (κ1) is 18.8. The van der Waals surface area contributed by atoms with E-state index in [2.05, 4.69) is 19.2 Å². The fourth-order valence-electron chi connectivity index (χ4n) is 3.01. The van der Waals surface area contributed by atoms with Crippen molar-refractivity contribution in [2.45, 2.75) is 19.9 Å². The average molecular weight is 367 g/mol. The number of rotatable bonds is 6. The lowest BCUT2D eigenvalue weighted by Crippen LogP contribution is -2.30. The quantitative estimate of drug-likeness (QED) is 0.785. The zero-order chi connectivity index (χ0) is 19.2. The molecule has 0 saturated heterocycles. The second-order valence-corrected chi connectivity index (χ2v) is 6.74. The molecule has 1 N–H and O–H groups in total. The van der Waals surface area contributed by atoms with Gasteiger partial charge in [-0.05, 0) is 47.4 Å². The molecule has 0 radical (unpaired) electrons. The van der Waals surface area contributed by atoms with Crippen molar-refractivity contribution in [2.75, 3.05) is 20.3 Å². The van der Waals surface area contributed by atoms with Gasteiger partial charge in [0.25, 0.3) is 0 Å². The van der Waals surface area contributed by atoms with Crippen molar-refractivity contribution in [3.05, 3.63) is 59.7 Å². The second-order valence-electron chi connectivity index (χ2n) is 6.74. The number of fused-ring (bicyclic) bond motifs is 1.